The predicted molar refractivity (Wildman–Crippen MR) is 102 cm³/mol. The number of aryl methyl sites for hydroxylation is 1. The van der Waals surface area contributed by atoms with Crippen LogP contribution in [0, 0.1) is 5.82 Å². The van der Waals surface area contributed by atoms with Crippen molar-refractivity contribution in [1.29, 1.82) is 0 Å². The minimum absolute atomic E-state index is 0.133. The molecule has 3 aromatic rings. The molecular weight excluding hydrogens is 361 g/mol. The Hall–Kier alpha value is -3.20. The van der Waals surface area contributed by atoms with Crippen molar-refractivity contribution in [1.82, 2.24) is 29.4 Å². The Bertz CT molecular complexity index is 971. The van der Waals surface area contributed by atoms with E-state index in [4.69, 9.17) is 5.73 Å². The highest BCUT2D eigenvalue weighted by molar-refractivity contribution is 5.98. The van der Waals surface area contributed by atoms with Crippen molar-refractivity contribution in [2.75, 3.05) is 31.9 Å². The summed E-state index contributed by atoms with van der Waals surface area (Å²) in [4.78, 5) is 17.0. The highest BCUT2D eigenvalue weighted by Gasteiger charge is 2.26. The third kappa shape index (κ3) is 3.48. The summed E-state index contributed by atoms with van der Waals surface area (Å²) in [6, 6.07) is 7.81. The van der Waals surface area contributed by atoms with Gasteiger partial charge in [0.25, 0.3) is 5.91 Å². The summed E-state index contributed by atoms with van der Waals surface area (Å²) in [5.41, 5.74) is 8.27. The van der Waals surface area contributed by atoms with E-state index >= 15 is 0 Å². The molecule has 1 aromatic carbocycles. The highest BCUT2D eigenvalue weighted by Crippen LogP contribution is 2.20. The zero-order chi connectivity index (χ0) is 19.7. The normalized spacial score (nSPS) is 15.1. The molecular formula is C19H22FN7O. The number of hydrogen-bond acceptors (Lipinski definition) is 5. The number of nitrogen functional groups attached to an aromatic ring is 1. The number of hydrogen-bond donors (Lipinski definition) is 1. The Morgan fingerprint density at radius 2 is 1.82 bits per heavy atom. The number of carbonyl (C=O) groups is 1. The molecule has 0 saturated carbocycles. The number of nitrogens with zero attached hydrogens (tertiary/aromatic N) is 6. The summed E-state index contributed by atoms with van der Waals surface area (Å²) in [5.74, 6) is -0.213. The first-order valence-electron chi connectivity index (χ1n) is 9.11. The van der Waals surface area contributed by atoms with Gasteiger partial charge in [-0.05, 0) is 30.3 Å². The van der Waals surface area contributed by atoms with Gasteiger partial charge in [0.1, 0.15) is 17.2 Å². The van der Waals surface area contributed by atoms with E-state index in [9.17, 15) is 9.18 Å². The van der Waals surface area contributed by atoms with E-state index in [1.54, 1.807) is 23.2 Å². The van der Waals surface area contributed by atoms with Crippen LogP contribution in [0.1, 0.15) is 16.1 Å². The van der Waals surface area contributed by atoms with Crippen LogP contribution in [0.3, 0.4) is 0 Å². The van der Waals surface area contributed by atoms with Gasteiger partial charge in [-0.15, -0.1) is 0 Å². The van der Waals surface area contributed by atoms with E-state index in [1.165, 1.54) is 23.0 Å². The number of carbonyl (C=O) groups excluding carboxylic acids is 1. The van der Waals surface area contributed by atoms with E-state index in [0.717, 1.165) is 25.3 Å². The number of halogens is 1. The molecule has 0 bridgehead atoms. The zero-order valence-electron chi connectivity index (χ0n) is 15.6. The second-order valence-electron chi connectivity index (χ2n) is 6.85. The van der Waals surface area contributed by atoms with Crippen LogP contribution in [0.2, 0.25) is 0 Å². The molecule has 2 N–H and O–H groups in total. The lowest BCUT2D eigenvalue weighted by atomic mass is 10.2. The number of nitrogens with two attached hydrogens (primary N) is 1. The average molecular weight is 383 g/mol. The third-order valence-corrected chi connectivity index (χ3v) is 5.08. The number of benzene rings is 1. The number of aromatic nitrogens is 4. The molecule has 0 radical (unpaired) electrons. The Kier molecular flexibility index (Phi) is 4.82. The van der Waals surface area contributed by atoms with Gasteiger partial charge in [-0.3, -0.25) is 14.4 Å². The maximum atomic E-state index is 13.1. The van der Waals surface area contributed by atoms with Crippen LogP contribution in [0.25, 0.3) is 5.69 Å². The van der Waals surface area contributed by atoms with Crippen LogP contribution in [0.5, 0.6) is 0 Å². The smallest absolute Gasteiger partial charge is 0.259 e. The van der Waals surface area contributed by atoms with Crippen molar-refractivity contribution < 1.29 is 9.18 Å². The van der Waals surface area contributed by atoms with Gasteiger partial charge in [-0.25, -0.2) is 9.07 Å². The molecule has 4 rings (SSSR count). The maximum Gasteiger partial charge on any atom is 0.259 e. The molecule has 1 fully saturated rings. The Balaban J connectivity index is 1.42. The van der Waals surface area contributed by atoms with Gasteiger partial charge in [0, 0.05) is 46.0 Å². The molecule has 0 spiro atoms. The number of amides is 1. The number of piperazine rings is 1. The van der Waals surface area contributed by atoms with Crippen LogP contribution in [0.4, 0.5) is 10.2 Å². The molecule has 1 amide bonds. The molecule has 8 nitrogen and oxygen atoms in total. The maximum absolute atomic E-state index is 13.1. The lowest BCUT2D eigenvalue weighted by molar-refractivity contribution is 0.0626. The fourth-order valence-electron chi connectivity index (χ4n) is 3.38. The van der Waals surface area contributed by atoms with Crippen LogP contribution in [-0.4, -0.2) is 61.4 Å². The van der Waals surface area contributed by atoms with E-state index in [0.29, 0.717) is 24.3 Å². The molecule has 0 aliphatic carbocycles. The van der Waals surface area contributed by atoms with Gasteiger partial charge in [-0.2, -0.15) is 10.2 Å². The van der Waals surface area contributed by atoms with Gasteiger partial charge in [-0.1, -0.05) is 0 Å². The summed E-state index contributed by atoms with van der Waals surface area (Å²) in [5, 5.41) is 8.40. The first-order valence-corrected chi connectivity index (χ1v) is 9.11. The molecule has 0 unspecified atom stereocenters. The second kappa shape index (κ2) is 7.43. The van der Waals surface area contributed by atoms with Crippen LogP contribution < -0.4 is 5.73 Å². The topological polar surface area (TPSA) is 85.2 Å². The van der Waals surface area contributed by atoms with Crippen molar-refractivity contribution in [3.8, 4) is 5.69 Å². The molecule has 146 valence electrons. The highest BCUT2D eigenvalue weighted by atomic mass is 19.1. The average Bonchev–Trinajstić information content (AvgIpc) is 3.28. The molecule has 1 aliphatic rings. The third-order valence-electron chi connectivity index (χ3n) is 5.08. The SMILES string of the molecule is Cn1nccc1CN1CCN(C(=O)c2cnn(-c3ccc(F)cc3)c2N)CC1. The fourth-order valence-corrected chi connectivity index (χ4v) is 3.38. The van der Waals surface area contributed by atoms with E-state index in [1.807, 2.05) is 17.8 Å². The largest absolute Gasteiger partial charge is 0.383 e. The minimum atomic E-state index is -0.338. The summed E-state index contributed by atoms with van der Waals surface area (Å²) >= 11 is 0. The molecule has 28 heavy (non-hydrogen) atoms. The molecule has 1 saturated heterocycles. The van der Waals surface area contributed by atoms with Gasteiger partial charge in [0.05, 0.1) is 17.6 Å². The minimum Gasteiger partial charge on any atom is -0.383 e. The van der Waals surface area contributed by atoms with Crippen molar-refractivity contribution in [2.45, 2.75) is 6.54 Å². The van der Waals surface area contributed by atoms with E-state index in [2.05, 4.69) is 15.1 Å². The zero-order valence-corrected chi connectivity index (χ0v) is 15.6. The van der Waals surface area contributed by atoms with Crippen molar-refractivity contribution in [3.63, 3.8) is 0 Å². The van der Waals surface area contributed by atoms with Gasteiger partial charge in [0.15, 0.2) is 0 Å². The molecule has 0 atom stereocenters. The summed E-state index contributed by atoms with van der Waals surface area (Å²) in [7, 11) is 1.93. The lowest BCUT2D eigenvalue weighted by Gasteiger charge is -2.34. The second-order valence-corrected chi connectivity index (χ2v) is 6.85. The van der Waals surface area contributed by atoms with E-state index in [-0.39, 0.29) is 17.5 Å². The van der Waals surface area contributed by atoms with Gasteiger partial charge >= 0.3 is 0 Å². The quantitative estimate of drug-likeness (QED) is 0.734. The Morgan fingerprint density at radius 1 is 1.11 bits per heavy atom. The van der Waals surface area contributed by atoms with Crippen LogP contribution in [-0.2, 0) is 13.6 Å². The van der Waals surface area contributed by atoms with E-state index < -0.39 is 0 Å². The van der Waals surface area contributed by atoms with Gasteiger partial charge < -0.3 is 10.6 Å². The summed E-state index contributed by atoms with van der Waals surface area (Å²) in [6.07, 6.45) is 3.26. The van der Waals surface area contributed by atoms with Crippen molar-refractivity contribution in [3.05, 3.63) is 59.8 Å². The fraction of sp³-hybridized carbons (Fsp3) is 0.316. The van der Waals surface area contributed by atoms with Gasteiger partial charge in [0.2, 0.25) is 0 Å². The van der Waals surface area contributed by atoms with Crippen LogP contribution >= 0.6 is 0 Å². The molecule has 2 aromatic heterocycles. The predicted octanol–water partition coefficient (Wildman–Crippen LogP) is 1.29. The van der Waals surface area contributed by atoms with Crippen molar-refractivity contribution >= 4 is 11.7 Å². The standard InChI is InChI=1S/C19H22FN7O/c1-24-16(6-7-22-24)13-25-8-10-26(11-9-25)19(28)17-12-23-27(18(17)21)15-4-2-14(20)3-5-15/h2-7,12H,8-11,13,21H2,1H3. The molecule has 9 heteroatoms. The first kappa shape index (κ1) is 18.2. The lowest BCUT2D eigenvalue weighted by Crippen LogP contribution is -2.48. The molecule has 3 heterocycles. The summed E-state index contributed by atoms with van der Waals surface area (Å²) in [6.45, 7) is 3.62. The monoisotopic (exact) mass is 383 g/mol. The Morgan fingerprint density at radius 3 is 2.46 bits per heavy atom. The number of anilines is 1. The summed E-state index contributed by atoms with van der Waals surface area (Å²) < 4.78 is 16.4. The Labute approximate surface area is 161 Å². The van der Waals surface area contributed by atoms with Crippen LogP contribution in [0.15, 0.2) is 42.7 Å². The number of rotatable bonds is 4. The molecule has 1 aliphatic heterocycles. The first-order chi connectivity index (χ1) is 13.5. The van der Waals surface area contributed by atoms with Crippen molar-refractivity contribution in [2.24, 2.45) is 7.05 Å².